The predicted molar refractivity (Wildman–Crippen MR) is 319 cm³/mol. The Labute approximate surface area is 514 Å². The summed E-state index contributed by atoms with van der Waals surface area (Å²) in [4.78, 5) is 114. The average Bonchev–Trinajstić information content (AvgIpc) is 1.62. The fourth-order valence-corrected chi connectivity index (χ4v) is 13.0. The zero-order valence-electron chi connectivity index (χ0n) is 49.3. The van der Waals surface area contributed by atoms with Crippen LogP contribution >= 0.6 is 34.3 Å². The van der Waals surface area contributed by atoms with E-state index >= 15 is 0 Å². The van der Waals surface area contributed by atoms with Crippen molar-refractivity contribution in [2.45, 2.75) is 190 Å². The van der Waals surface area contributed by atoms with Crippen molar-refractivity contribution in [3.63, 3.8) is 0 Å². The molecule has 4 aromatic rings. The van der Waals surface area contributed by atoms with Crippen LogP contribution < -0.4 is 26.0 Å². The number of carbonyl (C=O) groups excluding carboxylic acids is 6. The molecule has 0 radical (unpaired) electrons. The van der Waals surface area contributed by atoms with Gasteiger partial charge in [-0.25, -0.2) is 37.9 Å². The Kier molecular flexibility index (Phi) is 20.9. The molecule has 7 N–H and O–H groups in total. The lowest BCUT2D eigenvalue weighted by molar-refractivity contribution is -0.146. The van der Waals surface area contributed by atoms with Crippen molar-refractivity contribution in [2.75, 3.05) is 13.1 Å². The van der Waals surface area contributed by atoms with Crippen molar-refractivity contribution in [2.24, 2.45) is 11.8 Å². The Balaban J connectivity index is 0.000000196. The molecule has 27 heteroatoms. The quantitative estimate of drug-likeness (QED) is 0.0889. The second-order valence-electron chi connectivity index (χ2n) is 24.7. The van der Waals surface area contributed by atoms with E-state index in [2.05, 4.69) is 31.2 Å². The lowest BCUT2D eigenvalue weighted by Crippen LogP contribution is -2.56. The number of nitrogens with zero attached hydrogens (tertiary/aromatic N) is 4. The lowest BCUT2D eigenvalue weighted by atomic mass is 10.0. The first-order valence-electron chi connectivity index (χ1n) is 29.2. The van der Waals surface area contributed by atoms with Crippen LogP contribution in [0, 0.1) is 23.5 Å². The van der Waals surface area contributed by atoms with E-state index in [1.165, 1.54) is 45.4 Å². The van der Waals surface area contributed by atoms with E-state index in [4.69, 9.17) is 25.8 Å². The van der Waals surface area contributed by atoms with Gasteiger partial charge in [0.1, 0.15) is 64.2 Å². The SMILES string of the molecule is CC(C)(C)OC(=O)N[C@H]1CCCCC/C=C\[C@@H]2C[C@@]2(C(=O)O)NC(=O)[C@@H]2C[C@@H](O)CN2C1=O.CC(C)(C)OC(=O)N[C@H]1CCCCC/C=C\[C@@H]2C[C@@]2(C(=O)O)NC(=O)[C@@H]2C[C@@H](Oc3nc4ccc(F)cc4s3)CN2C1=O.Fc1ccc2nc(Cl)sc2c1. The highest BCUT2D eigenvalue weighted by molar-refractivity contribution is 7.22. The van der Waals surface area contributed by atoms with Gasteiger partial charge in [-0.05, 0) is 129 Å². The van der Waals surface area contributed by atoms with E-state index in [0.29, 0.717) is 40.4 Å². The fourth-order valence-electron chi connectivity index (χ4n) is 11.1. The van der Waals surface area contributed by atoms with E-state index in [1.54, 1.807) is 53.7 Å². The number of allylic oxidation sites excluding steroid dienone is 2. The van der Waals surface area contributed by atoms with Crippen LogP contribution in [-0.4, -0.2) is 155 Å². The van der Waals surface area contributed by atoms with Crippen LogP contribution in [0.15, 0.2) is 60.7 Å². The maximum Gasteiger partial charge on any atom is 0.408 e. The number of aliphatic hydroxyl groups is 1. The van der Waals surface area contributed by atoms with Crippen molar-refractivity contribution in [1.82, 2.24) is 41.0 Å². The second-order valence-corrected chi connectivity index (χ2v) is 27.3. The molecule has 6 amide bonds. The van der Waals surface area contributed by atoms with Gasteiger partial charge in [-0.2, -0.15) is 0 Å². The van der Waals surface area contributed by atoms with Gasteiger partial charge in [0.05, 0.1) is 33.1 Å². The summed E-state index contributed by atoms with van der Waals surface area (Å²) in [6.45, 7) is 10.3. The lowest BCUT2D eigenvalue weighted by Gasteiger charge is -2.30. The highest BCUT2D eigenvalue weighted by Crippen LogP contribution is 2.47. The Morgan fingerprint density at radius 1 is 0.667 bits per heavy atom. The molecule has 2 aliphatic carbocycles. The number of carboxylic acid groups (broad SMARTS) is 2. The summed E-state index contributed by atoms with van der Waals surface area (Å²) in [5.74, 6) is -5.72. The molecule has 472 valence electrons. The van der Waals surface area contributed by atoms with E-state index in [9.17, 15) is 62.5 Å². The largest absolute Gasteiger partial charge is 0.479 e. The molecule has 2 saturated heterocycles. The van der Waals surface area contributed by atoms with Gasteiger partial charge in [-0.15, -0.1) is 11.3 Å². The molecule has 2 aromatic carbocycles. The molecule has 10 rings (SSSR count). The third-order valence-corrected chi connectivity index (χ3v) is 17.6. The number of amides is 6. The molecule has 2 aromatic heterocycles. The zero-order chi connectivity index (χ0) is 63.2. The van der Waals surface area contributed by atoms with Gasteiger partial charge < -0.3 is 60.6 Å². The molecule has 87 heavy (non-hydrogen) atoms. The van der Waals surface area contributed by atoms with Gasteiger partial charge in [0, 0.05) is 31.2 Å². The highest BCUT2D eigenvalue weighted by atomic mass is 35.5. The van der Waals surface area contributed by atoms with E-state index < -0.39 is 112 Å². The number of thiazole rings is 2. The molecule has 6 aliphatic rings. The minimum absolute atomic E-state index is 0.00688. The molecular formula is C60H75ClF2N8O14S2. The summed E-state index contributed by atoms with van der Waals surface area (Å²) < 4.78 is 44.9. The van der Waals surface area contributed by atoms with Crippen molar-refractivity contribution >= 4 is 102 Å². The zero-order valence-corrected chi connectivity index (χ0v) is 51.7. The number of aliphatic carboxylic acids is 2. The molecule has 4 fully saturated rings. The number of alkyl carbamates (subject to hydrolysis) is 2. The first kappa shape index (κ1) is 65.9. The van der Waals surface area contributed by atoms with Crippen molar-refractivity contribution in [1.29, 1.82) is 0 Å². The number of fused-ring (bicyclic) bond motifs is 6. The van der Waals surface area contributed by atoms with E-state index in [-0.39, 0.29) is 61.6 Å². The third-order valence-electron chi connectivity index (χ3n) is 15.6. The molecule has 22 nitrogen and oxygen atoms in total. The van der Waals surface area contributed by atoms with Crippen LogP contribution in [0.1, 0.15) is 131 Å². The van der Waals surface area contributed by atoms with Crippen molar-refractivity contribution < 1.29 is 76.7 Å². The van der Waals surface area contributed by atoms with Crippen molar-refractivity contribution in [3.05, 3.63) is 76.8 Å². The van der Waals surface area contributed by atoms with E-state index in [1.807, 2.05) is 24.3 Å². The van der Waals surface area contributed by atoms with Crippen LogP contribution in [-0.2, 0) is 38.2 Å². The summed E-state index contributed by atoms with van der Waals surface area (Å²) in [7, 11) is 0. The standard InChI is InChI=1S/C30H37FN4O7S.C23H35N3O7.C7H3ClFNS/c1-29(2,3)42-27(40)32-21-10-8-6-4-5-7-9-17-15-30(17,26(38)39)34-24(36)22-14-19(16-35(22)25(21)37)41-28-33-20-12-11-18(31)13-23(20)43-28;1-22(2,3)33-21(32)24-16-10-8-6-4-5-7-9-14-12-23(14,20(30)31)25-18(28)17-11-15(27)13-26(17)19(16)29;8-7-10-5-2-1-4(9)3-6(5)11-7/h7,9,11-13,17,19,21-22H,4-6,8,10,14-16H2,1-3H3,(H,32,40)(H,34,36)(H,38,39);7,9,14-17,27H,4-6,8,10-13H2,1-3H3,(H,24,32)(H,25,28)(H,30,31);1-3H/b2*9-7-;/t17-,19-,21+,22+,30-;14-,15-,16+,17+,23-;/m11./s1. The van der Waals surface area contributed by atoms with Gasteiger partial charge in [0.15, 0.2) is 4.47 Å². The molecule has 6 heterocycles. The number of hydrogen-bond acceptors (Lipinski definition) is 16. The summed E-state index contributed by atoms with van der Waals surface area (Å²) in [5.41, 5.74) is -3.03. The number of aliphatic hydroxyl groups excluding tert-OH is 1. The van der Waals surface area contributed by atoms with Crippen molar-refractivity contribution in [3.8, 4) is 5.19 Å². The molecule has 0 spiro atoms. The number of carbonyl (C=O) groups is 8. The number of hydrogen-bond donors (Lipinski definition) is 7. The van der Waals surface area contributed by atoms with Gasteiger partial charge in [0.2, 0.25) is 23.6 Å². The second kappa shape index (κ2) is 27.6. The number of benzene rings is 2. The molecule has 10 atom stereocenters. The number of rotatable bonds is 6. The normalized spacial score (nSPS) is 28.6. The Hall–Kier alpha value is -7.03. The minimum atomic E-state index is -1.44. The molecule has 2 saturated carbocycles. The van der Waals surface area contributed by atoms with Crippen LogP contribution in [0.2, 0.25) is 4.47 Å². The summed E-state index contributed by atoms with van der Waals surface area (Å²) >= 11 is 8.05. The Morgan fingerprint density at radius 3 is 1.61 bits per heavy atom. The predicted octanol–water partition coefficient (Wildman–Crippen LogP) is 8.57. The van der Waals surface area contributed by atoms with Crippen LogP contribution in [0.4, 0.5) is 18.4 Å². The number of nitrogens with one attached hydrogen (secondary N) is 4. The minimum Gasteiger partial charge on any atom is -0.479 e. The molecular weight excluding hydrogens is 1190 g/mol. The Morgan fingerprint density at radius 2 is 1.13 bits per heavy atom. The van der Waals surface area contributed by atoms with Gasteiger partial charge in [0.25, 0.3) is 5.19 Å². The van der Waals surface area contributed by atoms with Gasteiger partial charge in [-0.3, -0.25) is 19.2 Å². The highest BCUT2D eigenvalue weighted by Gasteiger charge is 2.63. The topological polar surface area (TPSA) is 305 Å². The van der Waals surface area contributed by atoms with Crippen LogP contribution in [0.25, 0.3) is 20.4 Å². The van der Waals surface area contributed by atoms with Gasteiger partial charge >= 0.3 is 24.1 Å². The average molecular weight is 1270 g/mol. The number of carboxylic acids is 2. The first-order valence-corrected chi connectivity index (χ1v) is 31.2. The molecule has 0 unspecified atom stereocenters. The number of halogens is 3. The first-order chi connectivity index (χ1) is 41.0. The Bertz CT molecular complexity index is 3300. The third kappa shape index (κ3) is 17.2. The smallest absolute Gasteiger partial charge is 0.408 e. The monoisotopic (exact) mass is 1270 g/mol. The van der Waals surface area contributed by atoms with Gasteiger partial charge in [-0.1, -0.05) is 72.9 Å². The summed E-state index contributed by atoms with van der Waals surface area (Å²) in [5, 5.41) is 40.9. The maximum absolute atomic E-state index is 14.0. The van der Waals surface area contributed by atoms with E-state index in [0.717, 1.165) is 60.1 Å². The molecule has 0 bridgehead atoms. The van der Waals surface area contributed by atoms with Crippen LogP contribution in [0.3, 0.4) is 0 Å². The fraction of sp³-hybridized carbons (Fsp3) is 0.567. The van der Waals surface area contributed by atoms with Crippen LogP contribution in [0.5, 0.6) is 5.19 Å². The maximum atomic E-state index is 14.0. The summed E-state index contributed by atoms with van der Waals surface area (Å²) in [6.07, 6.45) is 12.0. The molecule has 4 aliphatic heterocycles. The number of aromatic nitrogens is 2. The number of ether oxygens (including phenoxy) is 3. The summed E-state index contributed by atoms with van der Waals surface area (Å²) in [6, 6.07) is 4.69.